The number of rotatable bonds is 5. The maximum atomic E-state index is 5.95. The second kappa shape index (κ2) is 6.00. The van der Waals surface area contributed by atoms with Gasteiger partial charge in [0.15, 0.2) is 0 Å². The van der Waals surface area contributed by atoms with Crippen molar-refractivity contribution in [2.45, 2.75) is 43.6 Å². The number of hydrazine groups is 1. The van der Waals surface area contributed by atoms with Crippen molar-refractivity contribution in [3.05, 3.63) is 53.9 Å². The predicted octanol–water partition coefficient (Wildman–Crippen LogP) is 2.31. The molecule has 1 aromatic heterocycles. The topological polar surface area (TPSA) is 55.9 Å². The van der Waals surface area contributed by atoms with Crippen molar-refractivity contribution >= 4 is 0 Å². The van der Waals surface area contributed by atoms with Gasteiger partial charge >= 0.3 is 0 Å². The molecule has 1 aromatic carbocycles. The highest BCUT2D eigenvalue weighted by Crippen LogP contribution is 2.44. The first-order chi connectivity index (χ1) is 10.2. The van der Waals surface area contributed by atoms with Crippen LogP contribution in [0.3, 0.4) is 0 Å². The zero-order valence-electron chi connectivity index (χ0n) is 12.6. The van der Waals surface area contributed by atoms with Gasteiger partial charge < -0.3 is 0 Å². The second-order valence-electron chi connectivity index (χ2n) is 6.13. The van der Waals surface area contributed by atoms with Crippen molar-refractivity contribution in [3.8, 4) is 0 Å². The minimum absolute atomic E-state index is 0.132. The molecule has 4 heteroatoms. The summed E-state index contributed by atoms with van der Waals surface area (Å²) in [6.07, 6.45) is 7.79. The summed E-state index contributed by atoms with van der Waals surface area (Å²) >= 11 is 0. The van der Waals surface area contributed by atoms with E-state index in [2.05, 4.69) is 46.9 Å². The molecule has 0 bridgehead atoms. The largest absolute Gasteiger partial charge is 0.276 e. The van der Waals surface area contributed by atoms with Crippen LogP contribution in [0.2, 0.25) is 0 Å². The molecule has 1 saturated carbocycles. The Morgan fingerprint density at radius 1 is 1.24 bits per heavy atom. The van der Waals surface area contributed by atoms with Gasteiger partial charge in [-0.05, 0) is 24.5 Å². The molecule has 1 heterocycles. The zero-order chi connectivity index (χ0) is 14.7. The Labute approximate surface area is 126 Å². The SMILES string of the molecule is Cn1ccc(CC(NN)C2(c3ccccc3)CCCC2)n1. The minimum atomic E-state index is 0.132. The molecule has 0 amide bonds. The molecule has 1 fully saturated rings. The summed E-state index contributed by atoms with van der Waals surface area (Å²) in [5, 5.41) is 4.52. The molecule has 0 aliphatic heterocycles. The number of nitrogens with two attached hydrogens (primary N) is 1. The van der Waals surface area contributed by atoms with Crippen LogP contribution in [0.5, 0.6) is 0 Å². The Bertz CT molecular complexity index is 569. The van der Waals surface area contributed by atoms with Crippen molar-refractivity contribution in [2.75, 3.05) is 0 Å². The summed E-state index contributed by atoms with van der Waals surface area (Å²) in [6, 6.07) is 13.1. The molecular weight excluding hydrogens is 260 g/mol. The highest BCUT2D eigenvalue weighted by molar-refractivity contribution is 5.30. The predicted molar refractivity (Wildman–Crippen MR) is 84.6 cm³/mol. The van der Waals surface area contributed by atoms with E-state index in [1.54, 1.807) is 0 Å². The number of hydrogen-bond donors (Lipinski definition) is 2. The average Bonchev–Trinajstić information content (AvgIpc) is 3.15. The Hall–Kier alpha value is -1.65. The number of nitrogens with zero attached hydrogens (tertiary/aromatic N) is 2. The lowest BCUT2D eigenvalue weighted by Gasteiger charge is -2.37. The lowest BCUT2D eigenvalue weighted by Crippen LogP contribution is -2.51. The van der Waals surface area contributed by atoms with Gasteiger partial charge in [-0.25, -0.2) is 0 Å². The third kappa shape index (κ3) is 2.74. The molecular formula is C17H24N4. The fourth-order valence-electron chi connectivity index (χ4n) is 3.81. The highest BCUT2D eigenvalue weighted by Gasteiger charge is 2.42. The summed E-state index contributed by atoms with van der Waals surface area (Å²) in [5.41, 5.74) is 5.73. The molecule has 1 atom stereocenters. The van der Waals surface area contributed by atoms with Crippen LogP contribution in [-0.4, -0.2) is 15.8 Å². The Balaban J connectivity index is 1.91. The Morgan fingerprint density at radius 3 is 2.52 bits per heavy atom. The number of aromatic nitrogens is 2. The quantitative estimate of drug-likeness (QED) is 0.654. The summed E-state index contributed by atoms with van der Waals surface area (Å²) in [6.45, 7) is 0. The van der Waals surface area contributed by atoms with Gasteiger partial charge in [-0.15, -0.1) is 0 Å². The van der Waals surface area contributed by atoms with Gasteiger partial charge in [0.1, 0.15) is 0 Å². The van der Waals surface area contributed by atoms with Crippen LogP contribution in [0, 0.1) is 0 Å². The first-order valence-electron chi connectivity index (χ1n) is 7.75. The number of aryl methyl sites for hydroxylation is 1. The van der Waals surface area contributed by atoms with Gasteiger partial charge in [-0.3, -0.25) is 16.0 Å². The molecule has 0 saturated heterocycles. The fourth-order valence-corrected chi connectivity index (χ4v) is 3.81. The van der Waals surface area contributed by atoms with Crippen molar-refractivity contribution in [2.24, 2.45) is 12.9 Å². The van der Waals surface area contributed by atoms with E-state index in [1.165, 1.54) is 31.2 Å². The monoisotopic (exact) mass is 284 g/mol. The van der Waals surface area contributed by atoms with E-state index >= 15 is 0 Å². The van der Waals surface area contributed by atoms with E-state index in [-0.39, 0.29) is 11.5 Å². The minimum Gasteiger partial charge on any atom is -0.276 e. The lowest BCUT2D eigenvalue weighted by atomic mass is 9.71. The van der Waals surface area contributed by atoms with Gasteiger partial charge in [0, 0.05) is 31.1 Å². The second-order valence-corrected chi connectivity index (χ2v) is 6.13. The van der Waals surface area contributed by atoms with E-state index in [9.17, 15) is 0 Å². The number of benzene rings is 1. The molecule has 1 aliphatic carbocycles. The third-order valence-corrected chi connectivity index (χ3v) is 4.89. The Morgan fingerprint density at radius 2 is 1.95 bits per heavy atom. The van der Waals surface area contributed by atoms with Gasteiger partial charge in [-0.1, -0.05) is 43.2 Å². The molecule has 2 aromatic rings. The van der Waals surface area contributed by atoms with Crippen molar-refractivity contribution < 1.29 is 0 Å². The van der Waals surface area contributed by atoms with Crippen LogP contribution in [0.25, 0.3) is 0 Å². The Kier molecular flexibility index (Phi) is 4.08. The lowest BCUT2D eigenvalue weighted by molar-refractivity contribution is 0.294. The van der Waals surface area contributed by atoms with Crippen LogP contribution in [0.4, 0.5) is 0 Å². The van der Waals surface area contributed by atoms with Crippen LogP contribution >= 0.6 is 0 Å². The molecule has 0 radical (unpaired) electrons. The van der Waals surface area contributed by atoms with E-state index < -0.39 is 0 Å². The third-order valence-electron chi connectivity index (χ3n) is 4.89. The van der Waals surface area contributed by atoms with E-state index in [0.29, 0.717) is 0 Å². The maximum Gasteiger partial charge on any atom is 0.0640 e. The van der Waals surface area contributed by atoms with Crippen LogP contribution in [0.15, 0.2) is 42.6 Å². The van der Waals surface area contributed by atoms with Gasteiger partial charge in [0.2, 0.25) is 0 Å². The van der Waals surface area contributed by atoms with E-state index in [1.807, 2.05) is 17.9 Å². The fraction of sp³-hybridized carbons (Fsp3) is 0.471. The van der Waals surface area contributed by atoms with Crippen LogP contribution in [-0.2, 0) is 18.9 Å². The number of hydrogen-bond acceptors (Lipinski definition) is 3. The van der Waals surface area contributed by atoms with Gasteiger partial charge in [0.05, 0.1) is 5.69 Å². The first kappa shape index (κ1) is 14.3. The highest BCUT2D eigenvalue weighted by atomic mass is 15.3. The normalized spacial score (nSPS) is 18.8. The smallest absolute Gasteiger partial charge is 0.0640 e. The summed E-state index contributed by atoms with van der Waals surface area (Å²) in [7, 11) is 1.96. The van der Waals surface area contributed by atoms with Crippen LogP contribution < -0.4 is 11.3 Å². The van der Waals surface area contributed by atoms with E-state index in [4.69, 9.17) is 5.84 Å². The average molecular weight is 284 g/mol. The number of nitrogens with one attached hydrogen (secondary N) is 1. The van der Waals surface area contributed by atoms with Crippen molar-refractivity contribution in [1.82, 2.24) is 15.2 Å². The summed E-state index contributed by atoms with van der Waals surface area (Å²) < 4.78 is 1.85. The summed E-state index contributed by atoms with van der Waals surface area (Å²) in [4.78, 5) is 0. The molecule has 1 unspecified atom stereocenters. The molecule has 4 nitrogen and oxygen atoms in total. The zero-order valence-corrected chi connectivity index (χ0v) is 12.6. The summed E-state index contributed by atoms with van der Waals surface area (Å²) in [5.74, 6) is 5.95. The van der Waals surface area contributed by atoms with Crippen LogP contribution in [0.1, 0.15) is 36.9 Å². The molecule has 1 aliphatic rings. The van der Waals surface area contributed by atoms with Gasteiger partial charge in [-0.2, -0.15) is 5.10 Å². The molecule has 0 spiro atoms. The standard InChI is InChI=1S/C17H24N4/c1-21-12-9-15(20-21)13-16(19-18)17(10-5-6-11-17)14-7-3-2-4-8-14/h2-4,7-9,12,16,19H,5-6,10-11,13,18H2,1H3. The van der Waals surface area contributed by atoms with Gasteiger partial charge in [0.25, 0.3) is 0 Å². The molecule has 21 heavy (non-hydrogen) atoms. The first-order valence-corrected chi connectivity index (χ1v) is 7.75. The van der Waals surface area contributed by atoms with Crippen molar-refractivity contribution in [1.29, 1.82) is 0 Å². The van der Waals surface area contributed by atoms with Crippen molar-refractivity contribution in [3.63, 3.8) is 0 Å². The molecule has 3 rings (SSSR count). The molecule has 3 N–H and O–H groups in total. The van der Waals surface area contributed by atoms with E-state index in [0.717, 1.165) is 12.1 Å². The molecule has 112 valence electrons. The maximum absolute atomic E-state index is 5.95.